The summed E-state index contributed by atoms with van der Waals surface area (Å²) >= 11 is 0. The molecule has 0 radical (unpaired) electrons. The van der Waals surface area contributed by atoms with Crippen molar-refractivity contribution in [2.24, 2.45) is 0 Å². The monoisotopic (exact) mass is 301 g/mol. The molecule has 0 aromatic heterocycles. The molecule has 0 unspecified atom stereocenters. The van der Waals surface area contributed by atoms with Crippen LogP contribution in [0.2, 0.25) is 0 Å². The first-order valence-corrected chi connectivity index (χ1v) is 8.06. The van der Waals surface area contributed by atoms with Crippen LogP contribution in [0, 0.1) is 0 Å². The van der Waals surface area contributed by atoms with Gasteiger partial charge in [-0.15, -0.1) is 0 Å². The predicted octanol–water partition coefficient (Wildman–Crippen LogP) is 2.28. The standard InChI is InChI=1S/C18H23NO3/c1-19-8-5-11-9-14(22-2)17(21)16-15(11)13(19)10-18(16)6-3-12(20)4-7-18/h3,6,9,12-13,20-21H,4-5,7-8,10H2,1-2H3/t12-,13-,18+/m1/s1. The Morgan fingerprint density at radius 2 is 2.23 bits per heavy atom. The molecule has 22 heavy (non-hydrogen) atoms. The largest absolute Gasteiger partial charge is 0.504 e. The van der Waals surface area contributed by atoms with E-state index in [4.69, 9.17) is 4.74 Å². The second kappa shape index (κ2) is 4.74. The molecule has 4 rings (SSSR count). The van der Waals surface area contributed by atoms with Crippen molar-refractivity contribution in [3.8, 4) is 11.5 Å². The lowest BCUT2D eigenvalue weighted by Gasteiger charge is -2.33. The number of allylic oxidation sites excluding steroid dienone is 1. The van der Waals surface area contributed by atoms with E-state index in [1.807, 2.05) is 12.1 Å². The molecule has 0 saturated heterocycles. The van der Waals surface area contributed by atoms with E-state index in [1.54, 1.807) is 7.11 Å². The van der Waals surface area contributed by atoms with Crippen molar-refractivity contribution < 1.29 is 14.9 Å². The Bertz CT molecular complexity index is 654. The molecule has 1 heterocycles. The number of aliphatic hydroxyl groups is 1. The molecule has 0 fully saturated rings. The topological polar surface area (TPSA) is 52.9 Å². The molecule has 1 aliphatic heterocycles. The molecule has 118 valence electrons. The fourth-order valence-electron chi connectivity index (χ4n) is 4.60. The molecule has 2 aliphatic carbocycles. The van der Waals surface area contributed by atoms with Crippen LogP contribution in [0.1, 0.15) is 42.0 Å². The lowest BCUT2D eigenvalue weighted by Crippen LogP contribution is -2.32. The van der Waals surface area contributed by atoms with Gasteiger partial charge in [-0.3, -0.25) is 4.90 Å². The van der Waals surface area contributed by atoms with E-state index < -0.39 is 0 Å². The highest BCUT2D eigenvalue weighted by molar-refractivity contribution is 5.63. The quantitative estimate of drug-likeness (QED) is 0.782. The minimum absolute atomic E-state index is 0.162. The van der Waals surface area contributed by atoms with Crippen LogP contribution < -0.4 is 4.74 Å². The van der Waals surface area contributed by atoms with Gasteiger partial charge in [-0.2, -0.15) is 0 Å². The summed E-state index contributed by atoms with van der Waals surface area (Å²) in [6.07, 6.45) is 7.27. The number of hydrogen-bond acceptors (Lipinski definition) is 4. The van der Waals surface area contributed by atoms with Crippen molar-refractivity contribution >= 4 is 0 Å². The molecule has 1 aromatic rings. The average molecular weight is 301 g/mol. The number of hydrogen-bond donors (Lipinski definition) is 2. The van der Waals surface area contributed by atoms with E-state index in [2.05, 4.69) is 18.0 Å². The highest BCUT2D eigenvalue weighted by Crippen LogP contribution is 2.59. The molecule has 4 heteroatoms. The van der Waals surface area contributed by atoms with E-state index in [1.165, 1.54) is 11.1 Å². The summed E-state index contributed by atoms with van der Waals surface area (Å²) < 4.78 is 5.42. The van der Waals surface area contributed by atoms with Crippen molar-refractivity contribution in [2.75, 3.05) is 20.7 Å². The molecule has 3 atom stereocenters. The fourth-order valence-corrected chi connectivity index (χ4v) is 4.60. The number of nitrogens with zero attached hydrogens (tertiary/aromatic N) is 1. The minimum Gasteiger partial charge on any atom is -0.504 e. The van der Waals surface area contributed by atoms with Crippen LogP contribution in [-0.4, -0.2) is 41.9 Å². The van der Waals surface area contributed by atoms with Crippen molar-refractivity contribution in [1.82, 2.24) is 4.90 Å². The number of aliphatic hydroxyl groups excluding tert-OH is 1. The number of fused-ring (bicyclic) bond motifs is 1. The zero-order valence-corrected chi connectivity index (χ0v) is 13.2. The third-order valence-electron chi connectivity index (χ3n) is 5.79. The number of likely N-dealkylation sites (N-methyl/N-ethyl adjacent to an activating group) is 1. The number of phenols is 1. The first-order valence-electron chi connectivity index (χ1n) is 8.06. The second-order valence-electron chi connectivity index (χ2n) is 6.95. The lowest BCUT2D eigenvalue weighted by atomic mass is 9.73. The molecule has 0 saturated carbocycles. The molecule has 1 aromatic carbocycles. The molecule has 0 amide bonds. The zero-order valence-electron chi connectivity index (χ0n) is 13.2. The molecule has 4 nitrogen and oxygen atoms in total. The Hall–Kier alpha value is -1.52. The third kappa shape index (κ3) is 1.77. The van der Waals surface area contributed by atoms with Gasteiger partial charge in [-0.05, 0) is 49.9 Å². The maximum atomic E-state index is 10.8. The highest BCUT2D eigenvalue weighted by atomic mass is 16.5. The van der Waals surface area contributed by atoms with Crippen molar-refractivity contribution in [1.29, 1.82) is 0 Å². The summed E-state index contributed by atoms with van der Waals surface area (Å²) in [7, 11) is 3.78. The molecule has 1 spiro atoms. The number of benzene rings is 1. The third-order valence-corrected chi connectivity index (χ3v) is 5.79. The lowest BCUT2D eigenvalue weighted by molar-refractivity contribution is 0.172. The van der Waals surface area contributed by atoms with E-state index >= 15 is 0 Å². The van der Waals surface area contributed by atoms with Gasteiger partial charge < -0.3 is 14.9 Å². The predicted molar refractivity (Wildman–Crippen MR) is 84.4 cm³/mol. The molecule has 3 aliphatic rings. The van der Waals surface area contributed by atoms with Crippen LogP contribution >= 0.6 is 0 Å². The Balaban J connectivity index is 1.96. The number of rotatable bonds is 1. The van der Waals surface area contributed by atoms with Gasteiger partial charge in [0, 0.05) is 23.6 Å². The highest BCUT2D eigenvalue weighted by Gasteiger charge is 2.49. The Labute approximate surface area is 131 Å². The van der Waals surface area contributed by atoms with Crippen LogP contribution in [0.4, 0.5) is 0 Å². The van der Waals surface area contributed by atoms with Crippen LogP contribution in [0.15, 0.2) is 18.2 Å². The van der Waals surface area contributed by atoms with E-state index in [0.29, 0.717) is 17.5 Å². The van der Waals surface area contributed by atoms with Gasteiger partial charge in [-0.25, -0.2) is 0 Å². The average Bonchev–Trinajstić information content (AvgIpc) is 2.86. The van der Waals surface area contributed by atoms with Crippen molar-refractivity contribution in [3.05, 3.63) is 34.9 Å². The first kappa shape index (κ1) is 14.1. The van der Waals surface area contributed by atoms with Gasteiger partial charge in [0.15, 0.2) is 11.5 Å². The van der Waals surface area contributed by atoms with Gasteiger partial charge in [0.1, 0.15) is 0 Å². The number of aromatic hydroxyl groups is 1. The second-order valence-corrected chi connectivity index (χ2v) is 6.95. The summed E-state index contributed by atoms with van der Waals surface area (Å²) in [5.41, 5.74) is 3.49. The van der Waals surface area contributed by atoms with Crippen LogP contribution in [0.25, 0.3) is 0 Å². The number of methoxy groups -OCH3 is 1. The molecule has 2 N–H and O–H groups in total. The SMILES string of the molecule is COc1cc2c3c(c1O)[C@]1(C=C[C@@H](O)CC1)C[C@H]3N(C)CC2. The summed E-state index contributed by atoms with van der Waals surface area (Å²) in [5.74, 6) is 0.873. The van der Waals surface area contributed by atoms with E-state index in [9.17, 15) is 10.2 Å². The maximum Gasteiger partial charge on any atom is 0.162 e. The number of phenolic OH excluding ortho intramolecular Hbond substituents is 1. The summed E-state index contributed by atoms with van der Waals surface area (Å²) in [4.78, 5) is 2.39. The van der Waals surface area contributed by atoms with Gasteiger partial charge in [-0.1, -0.05) is 12.2 Å². The summed E-state index contributed by atoms with van der Waals surface area (Å²) in [6.45, 7) is 1.04. The number of ether oxygens (including phenoxy) is 1. The first-order chi connectivity index (χ1) is 10.6. The van der Waals surface area contributed by atoms with E-state index in [0.717, 1.165) is 37.8 Å². The fraction of sp³-hybridized carbons (Fsp3) is 0.556. The van der Waals surface area contributed by atoms with Crippen LogP contribution in [-0.2, 0) is 11.8 Å². The normalized spacial score (nSPS) is 33.2. The minimum atomic E-state index is -0.358. The Morgan fingerprint density at radius 3 is 2.91 bits per heavy atom. The van der Waals surface area contributed by atoms with Crippen molar-refractivity contribution in [3.63, 3.8) is 0 Å². The molecule has 0 bridgehead atoms. The van der Waals surface area contributed by atoms with Gasteiger partial charge in [0.25, 0.3) is 0 Å². The molecular formula is C18H23NO3. The summed E-state index contributed by atoms with van der Waals surface area (Å²) in [6, 6.07) is 2.37. The van der Waals surface area contributed by atoms with Crippen molar-refractivity contribution in [2.45, 2.75) is 43.2 Å². The van der Waals surface area contributed by atoms with Gasteiger partial charge in [0.05, 0.1) is 13.2 Å². The maximum absolute atomic E-state index is 10.8. The summed E-state index contributed by atoms with van der Waals surface area (Å²) in [5, 5.41) is 20.6. The Morgan fingerprint density at radius 1 is 1.41 bits per heavy atom. The zero-order chi connectivity index (χ0) is 15.5. The van der Waals surface area contributed by atoms with Gasteiger partial charge in [0.2, 0.25) is 0 Å². The van der Waals surface area contributed by atoms with E-state index in [-0.39, 0.29) is 11.5 Å². The smallest absolute Gasteiger partial charge is 0.162 e. The molecular weight excluding hydrogens is 278 g/mol. The van der Waals surface area contributed by atoms with Gasteiger partial charge >= 0.3 is 0 Å². The Kier molecular flexibility index (Phi) is 3.03. The van der Waals surface area contributed by atoms with Crippen LogP contribution in [0.5, 0.6) is 11.5 Å². The van der Waals surface area contributed by atoms with Crippen LogP contribution in [0.3, 0.4) is 0 Å².